The van der Waals surface area contributed by atoms with Crippen molar-refractivity contribution in [1.82, 2.24) is 15.2 Å². The Morgan fingerprint density at radius 1 is 1.32 bits per heavy atom. The number of piperidine rings is 1. The average molecular weight is 341 g/mol. The van der Waals surface area contributed by atoms with E-state index in [0.717, 1.165) is 44.0 Å². The first-order valence-electron chi connectivity index (χ1n) is 8.85. The molecule has 0 spiro atoms. The highest BCUT2D eigenvalue weighted by Crippen LogP contribution is 2.32. The van der Waals surface area contributed by atoms with Crippen molar-refractivity contribution in [3.05, 3.63) is 54.2 Å². The number of ether oxygens (including phenoxy) is 1. The number of pyridine rings is 1. The normalized spacial score (nSPS) is 26.3. The standard InChI is InChI=1S/C19H23N3O3/c23-19(21-11-16-5-3-8-24-16)14-10-18-17(6-9-25-18)22(12-14)13-15-4-1-2-7-20-15/h1-5,7-8,14,17-18H,6,9-13H2,(H,21,23)/t14-,17-,18-/m0/s1. The zero-order valence-corrected chi connectivity index (χ0v) is 14.1. The second-order valence-electron chi connectivity index (χ2n) is 6.75. The van der Waals surface area contributed by atoms with Gasteiger partial charge in [0.05, 0.1) is 30.5 Å². The molecule has 0 unspecified atom stereocenters. The lowest BCUT2D eigenvalue weighted by Crippen LogP contribution is -2.52. The monoisotopic (exact) mass is 341 g/mol. The molecule has 0 aromatic carbocycles. The van der Waals surface area contributed by atoms with Gasteiger partial charge < -0.3 is 14.5 Å². The first kappa shape index (κ1) is 16.3. The molecule has 2 saturated heterocycles. The Morgan fingerprint density at radius 2 is 2.28 bits per heavy atom. The maximum absolute atomic E-state index is 12.6. The molecule has 4 rings (SSSR count). The molecule has 2 aliphatic rings. The fraction of sp³-hybridized carbons (Fsp3) is 0.474. The molecule has 1 N–H and O–H groups in total. The third-order valence-corrected chi connectivity index (χ3v) is 5.09. The summed E-state index contributed by atoms with van der Waals surface area (Å²) in [5, 5.41) is 2.99. The van der Waals surface area contributed by atoms with Crippen LogP contribution in [0.15, 0.2) is 47.2 Å². The number of rotatable bonds is 5. The molecule has 2 aromatic rings. The molecule has 6 heteroatoms. The zero-order chi connectivity index (χ0) is 17.1. The Balaban J connectivity index is 1.41. The van der Waals surface area contributed by atoms with E-state index in [-0.39, 0.29) is 17.9 Å². The third-order valence-electron chi connectivity index (χ3n) is 5.09. The van der Waals surface area contributed by atoms with Crippen LogP contribution in [0.2, 0.25) is 0 Å². The minimum absolute atomic E-state index is 0.0661. The van der Waals surface area contributed by atoms with Crippen molar-refractivity contribution in [3.63, 3.8) is 0 Å². The van der Waals surface area contributed by atoms with Crippen molar-refractivity contribution in [2.75, 3.05) is 13.2 Å². The molecular formula is C19H23N3O3. The van der Waals surface area contributed by atoms with Crippen molar-refractivity contribution >= 4 is 5.91 Å². The van der Waals surface area contributed by atoms with Crippen molar-refractivity contribution < 1.29 is 13.9 Å². The summed E-state index contributed by atoms with van der Waals surface area (Å²) in [6.45, 7) is 2.70. The number of amides is 1. The van der Waals surface area contributed by atoms with Gasteiger partial charge in [-0.1, -0.05) is 6.07 Å². The predicted octanol–water partition coefficient (Wildman–Crippen LogP) is 1.97. The van der Waals surface area contributed by atoms with Crippen molar-refractivity contribution in [2.24, 2.45) is 5.92 Å². The minimum Gasteiger partial charge on any atom is -0.467 e. The van der Waals surface area contributed by atoms with Gasteiger partial charge in [0.25, 0.3) is 0 Å². The van der Waals surface area contributed by atoms with Crippen molar-refractivity contribution in [1.29, 1.82) is 0 Å². The lowest BCUT2D eigenvalue weighted by Gasteiger charge is -2.40. The van der Waals surface area contributed by atoms with Crippen LogP contribution in [0.1, 0.15) is 24.3 Å². The fourth-order valence-electron chi connectivity index (χ4n) is 3.86. The minimum atomic E-state index is -0.0713. The second-order valence-corrected chi connectivity index (χ2v) is 6.75. The summed E-state index contributed by atoms with van der Waals surface area (Å²) in [5.41, 5.74) is 1.03. The van der Waals surface area contributed by atoms with Gasteiger partial charge in [-0.2, -0.15) is 0 Å². The molecule has 6 nitrogen and oxygen atoms in total. The summed E-state index contributed by atoms with van der Waals surface area (Å²) >= 11 is 0. The van der Waals surface area contributed by atoms with Crippen LogP contribution in [0.4, 0.5) is 0 Å². The summed E-state index contributed by atoms with van der Waals surface area (Å²) in [6.07, 6.45) is 5.38. The number of hydrogen-bond acceptors (Lipinski definition) is 5. The van der Waals surface area contributed by atoms with Gasteiger partial charge in [-0.3, -0.25) is 14.7 Å². The lowest BCUT2D eigenvalue weighted by atomic mass is 9.89. The summed E-state index contributed by atoms with van der Waals surface area (Å²) in [7, 11) is 0. The SMILES string of the molecule is O=C(NCc1ccco1)[C@H]1C[C@@H]2OCC[C@@H]2N(Cc2ccccn2)C1. The van der Waals surface area contributed by atoms with Crippen LogP contribution in [-0.2, 0) is 22.6 Å². The largest absolute Gasteiger partial charge is 0.467 e. The number of fused-ring (bicyclic) bond motifs is 1. The van der Waals surface area contributed by atoms with Gasteiger partial charge in [0, 0.05) is 31.9 Å². The molecule has 25 heavy (non-hydrogen) atoms. The number of carbonyl (C=O) groups excluding carboxylic acids is 1. The molecule has 132 valence electrons. The van der Waals surface area contributed by atoms with E-state index in [4.69, 9.17) is 9.15 Å². The summed E-state index contributed by atoms with van der Waals surface area (Å²) in [5.74, 6) is 0.763. The van der Waals surface area contributed by atoms with Crippen LogP contribution in [0, 0.1) is 5.92 Å². The van der Waals surface area contributed by atoms with E-state index in [1.807, 2.05) is 36.5 Å². The topological polar surface area (TPSA) is 67.6 Å². The molecule has 2 fully saturated rings. The van der Waals surface area contributed by atoms with Crippen LogP contribution in [0.25, 0.3) is 0 Å². The van der Waals surface area contributed by atoms with Crippen LogP contribution in [-0.4, -0.2) is 41.1 Å². The van der Waals surface area contributed by atoms with Gasteiger partial charge in [0.2, 0.25) is 5.91 Å². The van der Waals surface area contributed by atoms with Crippen LogP contribution in [0.5, 0.6) is 0 Å². The van der Waals surface area contributed by atoms with E-state index in [2.05, 4.69) is 15.2 Å². The van der Waals surface area contributed by atoms with Gasteiger partial charge >= 0.3 is 0 Å². The Bertz CT molecular complexity index is 689. The first-order chi connectivity index (χ1) is 12.3. The number of aromatic nitrogens is 1. The highest BCUT2D eigenvalue weighted by Gasteiger charge is 2.42. The highest BCUT2D eigenvalue weighted by atomic mass is 16.5. The van der Waals surface area contributed by atoms with E-state index in [1.54, 1.807) is 6.26 Å². The van der Waals surface area contributed by atoms with E-state index < -0.39 is 0 Å². The number of hydrogen-bond donors (Lipinski definition) is 1. The van der Waals surface area contributed by atoms with E-state index in [1.165, 1.54) is 0 Å². The summed E-state index contributed by atoms with van der Waals surface area (Å²) in [6, 6.07) is 10.0. The van der Waals surface area contributed by atoms with E-state index in [0.29, 0.717) is 12.6 Å². The van der Waals surface area contributed by atoms with Gasteiger partial charge in [-0.25, -0.2) is 0 Å². The molecule has 3 atom stereocenters. The maximum atomic E-state index is 12.6. The van der Waals surface area contributed by atoms with Gasteiger partial charge in [0.15, 0.2) is 0 Å². The molecule has 0 aliphatic carbocycles. The lowest BCUT2D eigenvalue weighted by molar-refractivity contribution is -0.130. The highest BCUT2D eigenvalue weighted by molar-refractivity contribution is 5.79. The number of carbonyl (C=O) groups is 1. The van der Waals surface area contributed by atoms with Gasteiger partial charge in [-0.05, 0) is 37.1 Å². The Labute approximate surface area is 147 Å². The second kappa shape index (κ2) is 7.37. The number of furan rings is 1. The smallest absolute Gasteiger partial charge is 0.224 e. The Kier molecular flexibility index (Phi) is 4.81. The summed E-state index contributed by atoms with van der Waals surface area (Å²) in [4.78, 5) is 19.4. The average Bonchev–Trinajstić information content (AvgIpc) is 3.32. The number of likely N-dealkylation sites (tertiary alicyclic amines) is 1. The van der Waals surface area contributed by atoms with Crippen molar-refractivity contribution in [3.8, 4) is 0 Å². The number of nitrogens with zero attached hydrogens (tertiary/aromatic N) is 2. The Morgan fingerprint density at radius 3 is 3.08 bits per heavy atom. The van der Waals surface area contributed by atoms with E-state index in [9.17, 15) is 4.79 Å². The number of nitrogens with one attached hydrogen (secondary N) is 1. The molecule has 2 aliphatic heterocycles. The molecule has 4 heterocycles. The van der Waals surface area contributed by atoms with Crippen LogP contribution >= 0.6 is 0 Å². The van der Waals surface area contributed by atoms with Crippen LogP contribution < -0.4 is 5.32 Å². The molecule has 0 radical (unpaired) electrons. The predicted molar refractivity (Wildman–Crippen MR) is 91.5 cm³/mol. The maximum Gasteiger partial charge on any atom is 0.224 e. The molecule has 0 bridgehead atoms. The van der Waals surface area contributed by atoms with Gasteiger partial charge in [0.1, 0.15) is 5.76 Å². The zero-order valence-electron chi connectivity index (χ0n) is 14.1. The fourth-order valence-corrected chi connectivity index (χ4v) is 3.86. The molecule has 0 saturated carbocycles. The van der Waals surface area contributed by atoms with Gasteiger partial charge in [-0.15, -0.1) is 0 Å². The molecule has 2 aromatic heterocycles. The quantitative estimate of drug-likeness (QED) is 0.901. The summed E-state index contributed by atoms with van der Waals surface area (Å²) < 4.78 is 11.2. The van der Waals surface area contributed by atoms with Crippen molar-refractivity contribution in [2.45, 2.75) is 38.1 Å². The molecule has 1 amide bonds. The van der Waals surface area contributed by atoms with Crippen LogP contribution in [0.3, 0.4) is 0 Å². The third kappa shape index (κ3) is 3.75. The van der Waals surface area contributed by atoms with E-state index >= 15 is 0 Å². The Hall–Kier alpha value is -2.18. The first-order valence-corrected chi connectivity index (χ1v) is 8.85. The molecular weight excluding hydrogens is 318 g/mol.